The van der Waals surface area contributed by atoms with Crippen molar-refractivity contribution in [1.82, 2.24) is 9.55 Å². The average Bonchev–Trinajstić information content (AvgIpc) is 3.07. The molecule has 0 saturated carbocycles. The molecule has 3 aromatic carbocycles. The first-order valence-corrected chi connectivity index (χ1v) is 10.4. The number of unbranched alkanes of at least 4 members (excludes halogenated alkanes) is 1. The van der Waals surface area contributed by atoms with Gasteiger partial charge in [-0.1, -0.05) is 47.5 Å². The number of benzene rings is 3. The number of hydrogen-bond acceptors (Lipinski definition) is 2. The monoisotopic (exact) mass is 404 g/mol. The fourth-order valence-corrected chi connectivity index (χ4v) is 3.79. The smallest absolute Gasteiger partial charge is 0.141 e. The molecule has 0 spiro atoms. The molecule has 0 N–H and O–H groups in total. The fourth-order valence-electron chi connectivity index (χ4n) is 3.66. The summed E-state index contributed by atoms with van der Waals surface area (Å²) in [7, 11) is 0. The Morgan fingerprint density at radius 1 is 0.931 bits per heavy atom. The van der Waals surface area contributed by atoms with Gasteiger partial charge in [0.15, 0.2) is 0 Å². The summed E-state index contributed by atoms with van der Waals surface area (Å²) in [5.74, 6) is 1.90. The van der Waals surface area contributed by atoms with E-state index in [4.69, 9.17) is 21.3 Å². The standard InChI is InChI=1S/C25H25ClN2O/c1-18-9-14-22(19(2)17-18)25-27-23-7-3-4-8-24(23)28(25)15-5-6-16-29-21-12-10-20(26)11-13-21/h3-4,7-14,17H,5-6,15-16H2,1-2H3. The molecular weight excluding hydrogens is 380 g/mol. The summed E-state index contributed by atoms with van der Waals surface area (Å²) in [6.45, 7) is 5.88. The van der Waals surface area contributed by atoms with Crippen LogP contribution in [0.25, 0.3) is 22.4 Å². The van der Waals surface area contributed by atoms with Gasteiger partial charge < -0.3 is 9.30 Å². The minimum Gasteiger partial charge on any atom is -0.494 e. The first-order chi connectivity index (χ1) is 14.1. The summed E-state index contributed by atoms with van der Waals surface area (Å²) in [6, 6.07) is 22.4. The maximum absolute atomic E-state index is 5.92. The van der Waals surface area contributed by atoms with Crippen molar-refractivity contribution in [3.63, 3.8) is 0 Å². The van der Waals surface area contributed by atoms with Crippen LogP contribution in [-0.2, 0) is 6.54 Å². The van der Waals surface area contributed by atoms with Crippen molar-refractivity contribution >= 4 is 22.6 Å². The Labute approximate surface area is 176 Å². The van der Waals surface area contributed by atoms with Crippen molar-refractivity contribution in [3.8, 4) is 17.1 Å². The molecule has 29 heavy (non-hydrogen) atoms. The highest BCUT2D eigenvalue weighted by molar-refractivity contribution is 6.30. The molecule has 0 atom stereocenters. The van der Waals surface area contributed by atoms with Gasteiger partial charge >= 0.3 is 0 Å². The van der Waals surface area contributed by atoms with Crippen LogP contribution in [0.1, 0.15) is 24.0 Å². The highest BCUT2D eigenvalue weighted by atomic mass is 35.5. The first kappa shape index (κ1) is 19.5. The molecule has 0 aliphatic rings. The number of nitrogens with zero attached hydrogens (tertiary/aromatic N) is 2. The lowest BCUT2D eigenvalue weighted by Gasteiger charge is -2.12. The molecule has 4 heteroatoms. The number of halogens is 1. The second-order valence-corrected chi connectivity index (χ2v) is 7.84. The second-order valence-electron chi connectivity index (χ2n) is 7.40. The van der Waals surface area contributed by atoms with E-state index < -0.39 is 0 Å². The molecule has 4 aromatic rings. The highest BCUT2D eigenvalue weighted by Gasteiger charge is 2.14. The average molecular weight is 405 g/mol. The Kier molecular flexibility index (Phi) is 5.86. The molecule has 0 fully saturated rings. The quantitative estimate of drug-likeness (QED) is 0.315. The van der Waals surface area contributed by atoms with Crippen LogP contribution in [0.2, 0.25) is 5.02 Å². The molecule has 1 heterocycles. The van der Waals surface area contributed by atoms with Crippen LogP contribution in [-0.4, -0.2) is 16.2 Å². The Bertz CT molecular complexity index is 1120. The normalized spacial score (nSPS) is 11.1. The van der Waals surface area contributed by atoms with Crippen LogP contribution in [0, 0.1) is 13.8 Å². The molecule has 148 valence electrons. The van der Waals surface area contributed by atoms with Crippen molar-refractivity contribution in [3.05, 3.63) is 82.9 Å². The van der Waals surface area contributed by atoms with E-state index in [0.717, 1.165) is 41.5 Å². The lowest BCUT2D eigenvalue weighted by atomic mass is 10.1. The van der Waals surface area contributed by atoms with E-state index >= 15 is 0 Å². The van der Waals surface area contributed by atoms with Crippen molar-refractivity contribution < 1.29 is 4.74 Å². The van der Waals surface area contributed by atoms with E-state index in [2.05, 4.69) is 54.8 Å². The Balaban J connectivity index is 1.49. The number of aryl methyl sites for hydroxylation is 3. The van der Waals surface area contributed by atoms with Gasteiger partial charge in [-0.15, -0.1) is 0 Å². The van der Waals surface area contributed by atoms with Gasteiger partial charge in [-0.05, 0) is 68.7 Å². The zero-order valence-electron chi connectivity index (χ0n) is 16.9. The molecule has 3 nitrogen and oxygen atoms in total. The van der Waals surface area contributed by atoms with E-state index in [1.165, 1.54) is 22.2 Å². The Morgan fingerprint density at radius 2 is 1.72 bits per heavy atom. The van der Waals surface area contributed by atoms with Gasteiger partial charge in [0.25, 0.3) is 0 Å². The van der Waals surface area contributed by atoms with Crippen LogP contribution in [0.15, 0.2) is 66.7 Å². The van der Waals surface area contributed by atoms with Crippen LogP contribution in [0.3, 0.4) is 0 Å². The van der Waals surface area contributed by atoms with Crippen molar-refractivity contribution in [2.45, 2.75) is 33.2 Å². The number of aromatic nitrogens is 2. The number of para-hydroxylation sites is 2. The maximum Gasteiger partial charge on any atom is 0.141 e. The van der Waals surface area contributed by atoms with Crippen LogP contribution < -0.4 is 4.74 Å². The van der Waals surface area contributed by atoms with Crippen LogP contribution in [0.5, 0.6) is 5.75 Å². The zero-order valence-corrected chi connectivity index (χ0v) is 17.6. The molecule has 0 bridgehead atoms. The minimum atomic E-state index is 0.688. The fraction of sp³-hybridized carbons (Fsp3) is 0.240. The van der Waals surface area contributed by atoms with Gasteiger partial charge in [-0.25, -0.2) is 4.98 Å². The molecule has 4 rings (SSSR count). The third-order valence-electron chi connectivity index (χ3n) is 5.14. The van der Waals surface area contributed by atoms with E-state index in [1.807, 2.05) is 30.3 Å². The molecule has 0 saturated heterocycles. The predicted molar refractivity (Wildman–Crippen MR) is 121 cm³/mol. The van der Waals surface area contributed by atoms with Crippen molar-refractivity contribution in [2.24, 2.45) is 0 Å². The third kappa shape index (κ3) is 4.46. The Hall–Kier alpha value is -2.78. The predicted octanol–water partition coefficient (Wildman–Crippen LogP) is 6.83. The topological polar surface area (TPSA) is 27.1 Å². The Morgan fingerprint density at radius 3 is 2.52 bits per heavy atom. The van der Waals surface area contributed by atoms with Crippen LogP contribution in [0.4, 0.5) is 0 Å². The maximum atomic E-state index is 5.92. The summed E-state index contributed by atoms with van der Waals surface area (Å²) >= 11 is 5.92. The molecule has 0 radical (unpaired) electrons. The lowest BCUT2D eigenvalue weighted by Crippen LogP contribution is -2.04. The minimum absolute atomic E-state index is 0.688. The summed E-state index contributed by atoms with van der Waals surface area (Å²) < 4.78 is 8.17. The van der Waals surface area contributed by atoms with Gasteiger partial charge in [0.05, 0.1) is 17.6 Å². The largest absolute Gasteiger partial charge is 0.494 e. The number of fused-ring (bicyclic) bond motifs is 1. The number of imidazole rings is 1. The second kappa shape index (κ2) is 8.71. The first-order valence-electron chi connectivity index (χ1n) is 10.0. The summed E-state index contributed by atoms with van der Waals surface area (Å²) in [5, 5.41) is 0.725. The van der Waals surface area contributed by atoms with Gasteiger partial charge in [0.1, 0.15) is 11.6 Å². The van der Waals surface area contributed by atoms with Gasteiger partial charge in [0.2, 0.25) is 0 Å². The number of hydrogen-bond donors (Lipinski definition) is 0. The van der Waals surface area contributed by atoms with E-state index in [-0.39, 0.29) is 0 Å². The van der Waals surface area contributed by atoms with Crippen molar-refractivity contribution in [1.29, 1.82) is 0 Å². The van der Waals surface area contributed by atoms with Gasteiger partial charge in [-0.2, -0.15) is 0 Å². The molecule has 0 unspecified atom stereocenters. The van der Waals surface area contributed by atoms with E-state index in [1.54, 1.807) is 0 Å². The number of ether oxygens (including phenoxy) is 1. The molecule has 0 amide bonds. The summed E-state index contributed by atoms with van der Waals surface area (Å²) in [5.41, 5.74) is 5.95. The molecule has 0 aliphatic carbocycles. The third-order valence-corrected chi connectivity index (χ3v) is 5.39. The summed E-state index contributed by atoms with van der Waals surface area (Å²) in [6.07, 6.45) is 1.99. The van der Waals surface area contributed by atoms with Gasteiger partial charge in [-0.3, -0.25) is 0 Å². The molecule has 0 aliphatic heterocycles. The zero-order chi connectivity index (χ0) is 20.2. The van der Waals surface area contributed by atoms with Crippen molar-refractivity contribution in [2.75, 3.05) is 6.61 Å². The SMILES string of the molecule is Cc1ccc(-c2nc3ccccc3n2CCCCOc2ccc(Cl)cc2)c(C)c1. The highest BCUT2D eigenvalue weighted by Crippen LogP contribution is 2.28. The van der Waals surface area contributed by atoms with Gasteiger partial charge in [0, 0.05) is 17.1 Å². The van der Waals surface area contributed by atoms with Crippen LogP contribution >= 0.6 is 11.6 Å². The lowest BCUT2D eigenvalue weighted by molar-refractivity contribution is 0.303. The summed E-state index contributed by atoms with van der Waals surface area (Å²) in [4.78, 5) is 4.95. The molecular formula is C25H25ClN2O. The van der Waals surface area contributed by atoms with E-state index in [9.17, 15) is 0 Å². The molecule has 1 aromatic heterocycles. The number of rotatable bonds is 7. The van der Waals surface area contributed by atoms with E-state index in [0.29, 0.717) is 6.61 Å².